The lowest BCUT2D eigenvalue weighted by Gasteiger charge is -2.23. The van der Waals surface area contributed by atoms with Gasteiger partial charge >= 0.3 is 12.1 Å². The van der Waals surface area contributed by atoms with E-state index in [0.717, 1.165) is 0 Å². The van der Waals surface area contributed by atoms with Gasteiger partial charge < -0.3 is 9.84 Å². The summed E-state index contributed by atoms with van der Waals surface area (Å²) >= 11 is 0. The number of anilines is 1. The number of carbonyl (C=O) groups excluding carboxylic acids is 1. The summed E-state index contributed by atoms with van der Waals surface area (Å²) in [6, 6.07) is 1.37. The Morgan fingerprint density at radius 2 is 2.06 bits per heavy atom. The number of carbonyl (C=O) groups is 2. The number of aromatic carboxylic acids is 1. The average molecular weight is 253 g/mol. The topological polar surface area (TPSA) is 84.7 Å². The average Bonchev–Trinajstić information content (AvgIpc) is 2.71. The highest BCUT2D eigenvalue weighted by molar-refractivity contribution is 5.91. The Hall–Kier alpha value is -2.05. The quantitative estimate of drug-likeness (QED) is 0.816. The van der Waals surface area contributed by atoms with Crippen LogP contribution in [0.25, 0.3) is 0 Å². The third kappa shape index (κ3) is 2.29. The van der Waals surface area contributed by atoms with Crippen molar-refractivity contribution in [2.45, 2.75) is 32.9 Å². The Morgan fingerprint density at radius 3 is 2.61 bits per heavy atom. The molecule has 1 aliphatic heterocycles. The zero-order chi connectivity index (χ0) is 13.5. The van der Waals surface area contributed by atoms with Crippen molar-refractivity contribution in [3.8, 4) is 0 Å². The molecular formula is C11H15N3O4. The van der Waals surface area contributed by atoms with Crippen molar-refractivity contribution in [3.05, 3.63) is 11.8 Å². The summed E-state index contributed by atoms with van der Waals surface area (Å²) in [5.41, 5.74) is -0.654. The van der Waals surface area contributed by atoms with Gasteiger partial charge in [0.05, 0.1) is 13.1 Å². The van der Waals surface area contributed by atoms with E-state index in [2.05, 4.69) is 5.10 Å². The highest BCUT2D eigenvalue weighted by Crippen LogP contribution is 2.24. The summed E-state index contributed by atoms with van der Waals surface area (Å²) in [7, 11) is 0. The monoisotopic (exact) mass is 253 g/mol. The molecule has 1 N–H and O–H groups in total. The Kier molecular flexibility index (Phi) is 2.76. The third-order valence-electron chi connectivity index (χ3n) is 2.40. The molecule has 2 rings (SSSR count). The predicted octanol–water partition coefficient (Wildman–Crippen LogP) is 1.34. The van der Waals surface area contributed by atoms with Gasteiger partial charge in [-0.25, -0.2) is 14.3 Å². The molecule has 1 aromatic rings. The van der Waals surface area contributed by atoms with Crippen LogP contribution < -0.4 is 4.90 Å². The number of aromatic nitrogens is 2. The van der Waals surface area contributed by atoms with Crippen LogP contribution in [-0.4, -0.2) is 39.1 Å². The second kappa shape index (κ2) is 4.01. The van der Waals surface area contributed by atoms with Crippen molar-refractivity contribution < 1.29 is 19.4 Å². The van der Waals surface area contributed by atoms with E-state index in [-0.39, 0.29) is 5.69 Å². The van der Waals surface area contributed by atoms with Gasteiger partial charge in [0, 0.05) is 6.07 Å². The number of nitrogens with zero attached hydrogens (tertiary/aromatic N) is 3. The van der Waals surface area contributed by atoms with Crippen molar-refractivity contribution in [1.82, 2.24) is 9.78 Å². The molecule has 18 heavy (non-hydrogen) atoms. The van der Waals surface area contributed by atoms with Gasteiger partial charge in [0.25, 0.3) is 0 Å². The molecule has 1 aromatic heterocycles. The molecule has 7 heteroatoms. The van der Waals surface area contributed by atoms with Crippen LogP contribution in [0.2, 0.25) is 0 Å². The van der Waals surface area contributed by atoms with Gasteiger partial charge in [-0.3, -0.25) is 4.90 Å². The second-order valence-electron chi connectivity index (χ2n) is 5.05. The standard InChI is InChI=1S/C11H15N3O4/c1-11(2,3)18-10(17)13-4-5-14-8(13)6-7(12-14)9(15)16/h6H,4-5H2,1-3H3,(H,15,16). The number of carboxylic acid groups (broad SMARTS) is 1. The maximum absolute atomic E-state index is 11.9. The molecule has 0 fully saturated rings. The molecule has 0 saturated heterocycles. The number of hydrogen-bond donors (Lipinski definition) is 1. The first kappa shape index (κ1) is 12.4. The number of carboxylic acids is 1. The zero-order valence-corrected chi connectivity index (χ0v) is 10.5. The van der Waals surface area contributed by atoms with E-state index in [1.807, 2.05) is 0 Å². The lowest BCUT2D eigenvalue weighted by atomic mass is 10.2. The van der Waals surface area contributed by atoms with Gasteiger partial charge in [0.15, 0.2) is 5.69 Å². The van der Waals surface area contributed by atoms with E-state index in [1.165, 1.54) is 15.6 Å². The SMILES string of the molecule is CC(C)(C)OC(=O)N1CCn2nc(C(=O)O)cc21. The lowest BCUT2D eigenvalue weighted by molar-refractivity contribution is 0.0582. The summed E-state index contributed by atoms with van der Waals surface area (Å²) in [5.74, 6) is -0.650. The summed E-state index contributed by atoms with van der Waals surface area (Å²) < 4.78 is 6.74. The van der Waals surface area contributed by atoms with Crippen molar-refractivity contribution in [2.24, 2.45) is 0 Å². The molecular weight excluding hydrogens is 238 g/mol. The lowest BCUT2D eigenvalue weighted by Crippen LogP contribution is -2.35. The fourth-order valence-corrected chi connectivity index (χ4v) is 1.70. The predicted molar refractivity (Wildman–Crippen MR) is 62.8 cm³/mol. The molecule has 0 bridgehead atoms. The number of hydrogen-bond acceptors (Lipinski definition) is 4. The van der Waals surface area contributed by atoms with Crippen molar-refractivity contribution in [1.29, 1.82) is 0 Å². The summed E-state index contributed by atoms with van der Waals surface area (Å²) in [4.78, 5) is 24.1. The number of rotatable bonds is 1. The third-order valence-corrected chi connectivity index (χ3v) is 2.40. The largest absolute Gasteiger partial charge is 0.476 e. The number of amides is 1. The van der Waals surface area contributed by atoms with E-state index < -0.39 is 17.7 Å². The van der Waals surface area contributed by atoms with Crippen molar-refractivity contribution >= 4 is 17.9 Å². The smallest absolute Gasteiger partial charge is 0.416 e. The molecule has 0 aliphatic carbocycles. The van der Waals surface area contributed by atoms with Crippen LogP contribution in [0.5, 0.6) is 0 Å². The van der Waals surface area contributed by atoms with Crippen LogP contribution in [0.15, 0.2) is 6.07 Å². The van der Waals surface area contributed by atoms with E-state index in [4.69, 9.17) is 9.84 Å². The van der Waals surface area contributed by atoms with Gasteiger partial charge in [-0.2, -0.15) is 5.10 Å². The van der Waals surface area contributed by atoms with E-state index >= 15 is 0 Å². The molecule has 0 aromatic carbocycles. The van der Waals surface area contributed by atoms with Crippen LogP contribution in [0.3, 0.4) is 0 Å². The minimum absolute atomic E-state index is 0.0711. The van der Waals surface area contributed by atoms with E-state index in [0.29, 0.717) is 18.9 Å². The summed E-state index contributed by atoms with van der Waals surface area (Å²) in [6.45, 7) is 6.25. The molecule has 1 aliphatic rings. The van der Waals surface area contributed by atoms with Crippen LogP contribution in [0.1, 0.15) is 31.3 Å². The van der Waals surface area contributed by atoms with Crippen molar-refractivity contribution in [3.63, 3.8) is 0 Å². The molecule has 0 radical (unpaired) electrons. The molecule has 7 nitrogen and oxygen atoms in total. The van der Waals surface area contributed by atoms with Gasteiger partial charge in [0.2, 0.25) is 0 Å². The first-order valence-electron chi connectivity index (χ1n) is 5.59. The zero-order valence-electron chi connectivity index (χ0n) is 10.5. The Morgan fingerprint density at radius 1 is 1.39 bits per heavy atom. The van der Waals surface area contributed by atoms with Gasteiger partial charge in [0.1, 0.15) is 11.4 Å². The minimum atomic E-state index is -1.11. The van der Waals surface area contributed by atoms with E-state index in [1.54, 1.807) is 20.8 Å². The van der Waals surface area contributed by atoms with Crippen LogP contribution >= 0.6 is 0 Å². The van der Waals surface area contributed by atoms with Gasteiger partial charge in [-0.05, 0) is 20.8 Å². The molecule has 2 heterocycles. The number of ether oxygens (including phenoxy) is 1. The maximum Gasteiger partial charge on any atom is 0.416 e. The summed E-state index contributed by atoms with van der Waals surface area (Å²) in [6.07, 6.45) is -0.488. The maximum atomic E-state index is 11.9. The Bertz CT molecular complexity index is 501. The summed E-state index contributed by atoms with van der Waals surface area (Å²) in [5, 5.41) is 12.7. The Balaban J connectivity index is 2.20. The van der Waals surface area contributed by atoms with Crippen molar-refractivity contribution in [2.75, 3.05) is 11.4 Å². The highest BCUT2D eigenvalue weighted by Gasteiger charge is 2.31. The van der Waals surface area contributed by atoms with E-state index in [9.17, 15) is 9.59 Å². The molecule has 0 saturated carbocycles. The molecule has 0 unspecified atom stereocenters. The molecule has 0 atom stereocenters. The van der Waals surface area contributed by atoms with Crippen LogP contribution in [0.4, 0.5) is 10.6 Å². The molecule has 0 spiro atoms. The van der Waals surface area contributed by atoms with Gasteiger partial charge in [-0.1, -0.05) is 0 Å². The Labute approximate surface area is 104 Å². The molecule has 98 valence electrons. The molecule has 1 amide bonds. The highest BCUT2D eigenvalue weighted by atomic mass is 16.6. The van der Waals surface area contributed by atoms with Crippen LogP contribution in [-0.2, 0) is 11.3 Å². The second-order valence-corrected chi connectivity index (χ2v) is 5.05. The number of fused-ring (bicyclic) bond motifs is 1. The first-order valence-corrected chi connectivity index (χ1v) is 5.59. The normalized spacial score (nSPS) is 14.5. The fraction of sp³-hybridized carbons (Fsp3) is 0.545. The first-order chi connectivity index (χ1) is 8.28. The fourth-order valence-electron chi connectivity index (χ4n) is 1.70. The van der Waals surface area contributed by atoms with Crippen LogP contribution in [0, 0.1) is 0 Å². The minimum Gasteiger partial charge on any atom is -0.476 e. The van der Waals surface area contributed by atoms with Gasteiger partial charge in [-0.15, -0.1) is 0 Å².